The van der Waals surface area contributed by atoms with Crippen molar-refractivity contribution >= 4 is 5.69 Å². The molecule has 0 amide bonds. The highest BCUT2D eigenvalue weighted by Crippen LogP contribution is 2.17. The van der Waals surface area contributed by atoms with Gasteiger partial charge in [0.05, 0.1) is 0 Å². The van der Waals surface area contributed by atoms with Crippen molar-refractivity contribution in [3.63, 3.8) is 0 Å². The number of phenolic OH excluding ortho intramolecular Hbond substituents is 1. The first kappa shape index (κ1) is 11.6. The molecular weight excluding hydrogens is 212 g/mol. The van der Waals surface area contributed by atoms with Crippen molar-refractivity contribution in [3.05, 3.63) is 47.3 Å². The van der Waals surface area contributed by atoms with E-state index in [1.165, 1.54) is 17.0 Å². The Morgan fingerprint density at radius 1 is 1.18 bits per heavy atom. The summed E-state index contributed by atoms with van der Waals surface area (Å²) >= 11 is 0. The lowest BCUT2D eigenvalue weighted by Crippen LogP contribution is -2.01. The molecule has 0 bridgehead atoms. The molecule has 1 aromatic carbocycles. The zero-order valence-electron chi connectivity index (χ0n) is 10.5. The highest BCUT2D eigenvalue weighted by atomic mass is 16.3. The Bertz CT molecular complexity index is 512. The quantitative estimate of drug-likeness (QED) is 0.795. The van der Waals surface area contributed by atoms with Crippen LogP contribution in [0.2, 0.25) is 0 Å². The van der Waals surface area contributed by atoms with Gasteiger partial charge in [-0.25, -0.2) is 0 Å². The van der Waals surface area contributed by atoms with E-state index in [0.29, 0.717) is 5.75 Å². The number of nitrogens with zero attached hydrogens (tertiary/aromatic N) is 1. The molecule has 2 rings (SSSR count). The van der Waals surface area contributed by atoms with Crippen LogP contribution in [-0.2, 0) is 13.6 Å². The Morgan fingerprint density at radius 3 is 2.35 bits per heavy atom. The van der Waals surface area contributed by atoms with Crippen LogP contribution in [0.5, 0.6) is 5.75 Å². The maximum Gasteiger partial charge on any atom is 0.115 e. The van der Waals surface area contributed by atoms with Crippen LogP contribution in [0.25, 0.3) is 0 Å². The SMILES string of the molecule is Cc1cc(CNc2ccc(O)cc2)c(C)n1C. The smallest absolute Gasteiger partial charge is 0.115 e. The fraction of sp³-hybridized carbons (Fsp3) is 0.286. The number of aryl methyl sites for hydroxylation is 1. The van der Waals surface area contributed by atoms with Crippen LogP contribution in [0.1, 0.15) is 17.0 Å². The summed E-state index contributed by atoms with van der Waals surface area (Å²) in [5.41, 5.74) is 4.88. The van der Waals surface area contributed by atoms with Crippen molar-refractivity contribution in [1.29, 1.82) is 0 Å². The summed E-state index contributed by atoms with van der Waals surface area (Å²) in [7, 11) is 2.08. The molecule has 90 valence electrons. The molecule has 1 heterocycles. The van der Waals surface area contributed by atoms with Crippen LogP contribution >= 0.6 is 0 Å². The molecule has 0 saturated heterocycles. The summed E-state index contributed by atoms with van der Waals surface area (Å²) in [5, 5.41) is 12.5. The van der Waals surface area contributed by atoms with Crippen molar-refractivity contribution in [1.82, 2.24) is 4.57 Å². The molecule has 17 heavy (non-hydrogen) atoms. The van der Waals surface area contributed by atoms with Gasteiger partial charge in [-0.2, -0.15) is 0 Å². The summed E-state index contributed by atoms with van der Waals surface area (Å²) in [6.45, 7) is 5.04. The zero-order chi connectivity index (χ0) is 12.4. The molecule has 0 aliphatic rings. The number of aromatic hydroxyl groups is 1. The second kappa shape index (κ2) is 4.53. The lowest BCUT2D eigenvalue weighted by atomic mass is 10.2. The molecule has 0 aliphatic heterocycles. The Hall–Kier alpha value is -1.90. The minimum atomic E-state index is 0.294. The van der Waals surface area contributed by atoms with Crippen LogP contribution in [0.3, 0.4) is 0 Å². The molecule has 0 radical (unpaired) electrons. The van der Waals surface area contributed by atoms with E-state index in [1.807, 2.05) is 12.1 Å². The first-order valence-corrected chi connectivity index (χ1v) is 5.72. The molecular formula is C14H18N2O. The maximum absolute atomic E-state index is 9.19. The summed E-state index contributed by atoms with van der Waals surface area (Å²) in [4.78, 5) is 0. The predicted octanol–water partition coefficient (Wildman–Crippen LogP) is 2.96. The van der Waals surface area contributed by atoms with Gasteiger partial charge in [-0.05, 0) is 49.7 Å². The van der Waals surface area contributed by atoms with E-state index in [0.717, 1.165) is 12.2 Å². The van der Waals surface area contributed by atoms with Crippen LogP contribution in [0, 0.1) is 13.8 Å². The summed E-state index contributed by atoms with van der Waals surface area (Å²) in [6, 6.07) is 9.32. The minimum absolute atomic E-state index is 0.294. The van der Waals surface area contributed by atoms with Crippen molar-refractivity contribution < 1.29 is 5.11 Å². The fourth-order valence-electron chi connectivity index (χ4n) is 1.89. The number of aromatic nitrogens is 1. The number of benzene rings is 1. The average Bonchev–Trinajstić information content (AvgIpc) is 2.56. The van der Waals surface area contributed by atoms with E-state index in [2.05, 4.69) is 36.8 Å². The van der Waals surface area contributed by atoms with E-state index in [4.69, 9.17) is 0 Å². The number of nitrogens with one attached hydrogen (secondary N) is 1. The van der Waals surface area contributed by atoms with Crippen LogP contribution < -0.4 is 5.32 Å². The van der Waals surface area contributed by atoms with Gasteiger partial charge in [0, 0.05) is 30.7 Å². The number of hydrogen-bond acceptors (Lipinski definition) is 2. The molecule has 3 heteroatoms. The molecule has 2 aromatic rings. The van der Waals surface area contributed by atoms with Gasteiger partial charge in [0.2, 0.25) is 0 Å². The molecule has 0 fully saturated rings. The van der Waals surface area contributed by atoms with Crippen LogP contribution in [0.15, 0.2) is 30.3 Å². The average molecular weight is 230 g/mol. The minimum Gasteiger partial charge on any atom is -0.508 e. The van der Waals surface area contributed by atoms with Gasteiger partial charge >= 0.3 is 0 Å². The summed E-state index contributed by atoms with van der Waals surface area (Å²) < 4.78 is 2.19. The van der Waals surface area contributed by atoms with Crippen LogP contribution in [0.4, 0.5) is 5.69 Å². The number of phenols is 1. The molecule has 2 N–H and O–H groups in total. The van der Waals surface area contributed by atoms with Gasteiger partial charge in [0.1, 0.15) is 5.75 Å². The van der Waals surface area contributed by atoms with Gasteiger partial charge in [0.15, 0.2) is 0 Å². The van der Waals surface area contributed by atoms with E-state index >= 15 is 0 Å². The first-order valence-electron chi connectivity index (χ1n) is 5.72. The molecule has 1 aromatic heterocycles. The normalized spacial score (nSPS) is 10.5. The third-order valence-corrected chi connectivity index (χ3v) is 3.23. The molecule has 3 nitrogen and oxygen atoms in total. The molecule has 0 saturated carbocycles. The second-order valence-corrected chi connectivity index (χ2v) is 4.36. The van der Waals surface area contributed by atoms with E-state index in [1.54, 1.807) is 12.1 Å². The topological polar surface area (TPSA) is 37.2 Å². The fourth-order valence-corrected chi connectivity index (χ4v) is 1.89. The van der Waals surface area contributed by atoms with Crippen molar-refractivity contribution in [2.24, 2.45) is 7.05 Å². The van der Waals surface area contributed by atoms with Gasteiger partial charge in [-0.3, -0.25) is 0 Å². The first-order chi connectivity index (χ1) is 8.08. The molecule has 0 aliphatic carbocycles. The van der Waals surface area contributed by atoms with Crippen LogP contribution in [-0.4, -0.2) is 9.67 Å². The van der Waals surface area contributed by atoms with Crippen molar-refractivity contribution in [3.8, 4) is 5.75 Å². The maximum atomic E-state index is 9.19. The van der Waals surface area contributed by atoms with E-state index in [9.17, 15) is 5.11 Å². The Kier molecular flexibility index (Phi) is 3.09. The third-order valence-electron chi connectivity index (χ3n) is 3.23. The lowest BCUT2D eigenvalue weighted by molar-refractivity contribution is 0.475. The lowest BCUT2D eigenvalue weighted by Gasteiger charge is -2.07. The Balaban J connectivity index is 2.07. The van der Waals surface area contributed by atoms with Crippen molar-refractivity contribution in [2.45, 2.75) is 20.4 Å². The number of hydrogen-bond donors (Lipinski definition) is 2. The highest BCUT2D eigenvalue weighted by molar-refractivity contribution is 5.46. The van der Waals surface area contributed by atoms with Crippen molar-refractivity contribution in [2.75, 3.05) is 5.32 Å². The van der Waals surface area contributed by atoms with Gasteiger partial charge in [0.25, 0.3) is 0 Å². The largest absolute Gasteiger partial charge is 0.508 e. The summed E-state index contributed by atoms with van der Waals surface area (Å²) in [5.74, 6) is 0.294. The molecule has 0 spiro atoms. The summed E-state index contributed by atoms with van der Waals surface area (Å²) in [6.07, 6.45) is 0. The standard InChI is InChI=1S/C14H18N2O/c1-10-8-12(11(2)16(10)3)9-15-13-4-6-14(17)7-5-13/h4-8,15,17H,9H2,1-3H3. The second-order valence-electron chi connectivity index (χ2n) is 4.36. The molecule has 0 unspecified atom stereocenters. The molecule has 0 atom stereocenters. The highest BCUT2D eigenvalue weighted by Gasteiger charge is 2.05. The van der Waals surface area contributed by atoms with Gasteiger partial charge in [-0.15, -0.1) is 0 Å². The van der Waals surface area contributed by atoms with E-state index < -0.39 is 0 Å². The Morgan fingerprint density at radius 2 is 1.82 bits per heavy atom. The van der Waals surface area contributed by atoms with E-state index in [-0.39, 0.29) is 0 Å². The van der Waals surface area contributed by atoms with Gasteiger partial charge in [-0.1, -0.05) is 0 Å². The van der Waals surface area contributed by atoms with Gasteiger partial charge < -0.3 is 15.0 Å². The third kappa shape index (κ3) is 2.44. The monoisotopic (exact) mass is 230 g/mol. The number of rotatable bonds is 3. The predicted molar refractivity (Wildman–Crippen MR) is 70.3 cm³/mol. The zero-order valence-corrected chi connectivity index (χ0v) is 10.5. The Labute approximate surface area is 102 Å². The number of anilines is 1.